The molecule has 1 aromatic heterocycles. The van der Waals surface area contributed by atoms with Crippen molar-refractivity contribution in [3.63, 3.8) is 0 Å². The van der Waals surface area contributed by atoms with Crippen molar-refractivity contribution >= 4 is 17.6 Å². The molecule has 0 fully saturated rings. The molecule has 6 nitrogen and oxygen atoms in total. The van der Waals surface area contributed by atoms with Crippen LogP contribution in [-0.4, -0.2) is 23.3 Å². The maximum absolute atomic E-state index is 11.8. The molecule has 1 heterocycles. The van der Waals surface area contributed by atoms with Crippen molar-refractivity contribution in [1.29, 1.82) is 0 Å². The fourth-order valence-electron chi connectivity index (χ4n) is 1.09. The number of anilines is 1. The molecule has 0 spiro atoms. The minimum Gasteiger partial charge on any atom is -0.383 e. The second-order valence-electron chi connectivity index (χ2n) is 4.37. The van der Waals surface area contributed by atoms with Crippen LogP contribution in [0.15, 0.2) is 18.3 Å². The normalized spacial score (nSPS) is 10.9. The number of carbonyl (C=O) groups excluding carboxylic acids is 2. The molecule has 1 aromatic rings. The Morgan fingerprint density at radius 3 is 2.65 bits per heavy atom. The highest BCUT2D eigenvalue weighted by molar-refractivity contribution is 5.98. The van der Waals surface area contributed by atoms with Crippen molar-refractivity contribution in [2.45, 2.75) is 13.8 Å². The minimum atomic E-state index is -0.799. The topological polar surface area (TPSA) is 111 Å². The number of nitrogens with two attached hydrogens (primary N) is 2. The Morgan fingerprint density at radius 1 is 1.47 bits per heavy atom. The second kappa shape index (κ2) is 4.82. The van der Waals surface area contributed by atoms with Crippen LogP contribution >= 0.6 is 0 Å². The van der Waals surface area contributed by atoms with Gasteiger partial charge in [0.2, 0.25) is 5.91 Å². The molecule has 92 valence electrons. The summed E-state index contributed by atoms with van der Waals surface area (Å²) in [6.07, 6.45) is 1.50. The van der Waals surface area contributed by atoms with Gasteiger partial charge in [-0.2, -0.15) is 0 Å². The zero-order valence-electron chi connectivity index (χ0n) is 9.86. The third-order valence-corrected chi connectivity index (χ3v) is 2.44. The predicted molar refractivity (Wildman–Crippen MR) is 64.0 cm³/mol. The highest BCUT2D eigenvalue weighted by Gasteiger charge is 2.25. The van der Waals surface area contributed by atoms with Gasteiger partial charge in [0.05, 0.1) is 11.0 Å². The number of pyridine rings is 1. The van der Waals surface area contributed by atoms with E-state index >= 15 is 0 Å². The Bertz CT molecular complexity index is 443. The van der Waals surface area contributed by atoms with E-state index in [1.165, 1.54) is 6.20 Å². The van der Waals surface area contributed by atoms with Gasteiger partial charge in [-0.05, 0) is 26.0 Å². The minimum absolute atomic E-state index is 0.148. The first-order valence-electron chi connectivity index (χ1n) is 5.13. The number of carbonyl (C=O) groups is 2. The van der Waals surface area contributed by atoms with Crippen LogP contribution in [0.5, 0.6) is 0 Å². The summed E-state index contributed by atoms with van der Waals surface area (Å²) >= 11 is 0. The molecule has 0 aromatic carbocycles. The van der Waals surface area contributed by atoms with E-state index in [-0.39, 0.29) is 23.8 Å². The van der Waals surface area contributed by atoms with Gasteiger partial charge in [0, 0.05) is 12.7 Å². The van der Waals surface area contributed by atoms with Crippen molar-refractivity contribution in [3.05, 3.63) is 23.9 Å². The Morgan fingerprint density at radius 2 is 2.12 bits per heavy atom. The summed E-state index contributed by atoms with van der Waals surface area (Å²) in [6.45, 7) is 3.46. The lowest BCUT2D eigenvalue weighted by atomic mass is 9.92. The molecular weight excluding hydrogens is 220 g/mol. The van der Waals surface area contributed by atoms with Crippen molar-refractivity contribution in [1.82, 2.24) is 10.3 Å². The van der Waals surface area contributed by atoms with Gasteiger partial charge in [-0.3, -0.25) is 9.59 Å². The number of hydrogen-bond acceptors (Lipinski definition) is 4. The molecule has 6 heteroatoms. The van der Waals surface area contributed by atoms with Crippen LogP contribution in [-0.2, 0) is 4.79 Å². The van der Waals surface area contributed by atoms with Crippen molar-refractivity contribution in [2.24, 2.45) is 11.1 Å². The molecule has 0 saturated heterocycles. The van der Waals surface area contributed by atoms with Gasteiger partial charge in [0.1, 0.15) is 5.82 Å². The van der Waals surface area contributed by atoms with E-state index in [0.717, 1.165) is 0 Å². The van der Waals surface area contributed by atoms with Crippen molar-refractivity contribution < 1.29 is 9.59 Å². The summed E-state index contributed by atoms with van der Waals surface area (Å²) in [4.78, 5) is 26.6. The van der Waals surface area contributed by atoms with E-state index < -0.39 is 11.3 Å². The SMILES string of the molecule is CC(C)(CNC(=O)c1cccnc1N)C(N)=O. The van der Waals surface area contributed by atoms with Crippen LogP contribution in [0.1, 0.15) is 24.2 Å². The summed E-state index contributed by atoms with van der Waals surface area (Å²) in [5.41, 5.74) is 10.2. The molecule has 0 atom stereocenters. The standard InChI is InChI=1S/C11H16N4O2/c1-11(2,10(13)17)6-15-9(16)7-4-3-5-14-8(7)12/h3-5H,6H2,1-2H3,(H2,12,14)(H2,13,17)(H,15,16). The maximum atomic E-state index is 11.8. The first kappa shape index (κ1) is 13.0. The molecule has 0 aliphatic rings. The quantitative estimate of drug-likeness (QED) is 0.678. The summed E-state index contributed by atoms with van der Waals surface area (Å²) in [5, 5.41) is 2.60. The van der Waals surface area contributed by atoms with Gasteiger partial charge in [0.25, 0.3) is 5.91 Å². The number of amides is 2. The molecule has 0 aliphatic carbocycles. The number of hydrogen-bond donors (Lipinski definition) is 3. The number of nitrogens with zero attached hydrogens (tertiary/aromatic N) is 1. The molecule has 0 radical (unpaired) electrons. The monoisotopic (exact) mass is 236 g/mol. The maximum Gasteiger partial charge on any atom is 0.255 e. The molecule has 0 bridgehead atoms. The van der Waals surface area contributed by atoms with E-state index in [0.29, 0.717) is 0 Å². The lowest BCUT2D eigenvalue weighted by Gasteiger charge is -2.20. The van der Waals surface area contributed by atoms with Crippen LogP contribution < -0.4 is 16.8 Å². The lowest BCUT2D eigenvalue weighted by Crippen LogP contribution is -2.42. The molecule has 2 amide bonds. The second-order valence-corrected chi connectivity index (χ2v) is 4.37. The fourth-order valence-corrected chi connectivity index (χ4v) is 1.09. The number of rotatable bonds is 4. The molecule has 0 aliphatic heterocycles. The van der Waals surface area contributed by atoms with E-state index in [1.54, 1.807) is 26.0 Å². The lowest BCUT2D eigenvalue weighted by molar-refractivity contribution is -0.125. The third kappa shape index (κ3) is 3.17. The van der Waals surface area contributed by atoms with Crippen molar-refractivity contribution in [2.75, 3.05) is 12.3 Å². The highest BCUT2D eigenvalue weighted by atomic mass is 16.2. The van der Waals surface area contributed by atoms with Gasteiger partial charge < -0.3 is 16.8 Å². The van der Waals surface area contributed by atoms with Crippen LogP contribution in [0.3, 0.4) is 0 Å². The van der Waals surface area contributed by atoms with E-state index in [9.17, 15) is 9.59 Å². The molecule has 0 unspecified atom stereocenters. The Kier molecular flexibility index (Phi) is 3.67. The first-order chi connectivity index (χ1) is 7.84. The van der Waals surface area contributed by atoms with Gasteiger partial charge >= 0.3 is 0 Å². The largest absolute Gasteiger partial charge is 0.383 e. The van der Waals surface area contributed by atoms with Crippen LogP contribution in [0.4, 0.5) is 5.82 Å². The molecular formula is C11H16N4O2. The Balaban J connectivity index is 2.69. The number of primary amides is 1. The van der Waals surface area contributed by atoms with E-state index in [2.05, 4.69) is 10.3 Å². The average Bonchev–Trinajstić information content (AvgIpc) is 2.26. The molecule has 1 rings (SSSR count). The Labute approximate surface area is 99.4 Å². The summed E-state index contributed by atoms with van der Waals surface area (Å²) in [6, 6.07) is 3.18. The van der Waals surface area contributed by atoms with Gasteiger partial charge in [-0.25, -0.2) is 4.98 Å². The number of nitrogen functional groups attached to an aromatic ring is 1. The van der Waals surface area contributed by atoms with Crippen LogP contribution in [0.2, 0.25) is 0 Å². The summed E-state index contributed by atoms with van der Waals surface area (Å²) < 4.78 is 0. The number of aromatic nitrogens is 1. The first-order valence-corrected chi connectivity index (χ1v) is 5.13. The molecule has 5 N–H and O–H groups in total. The third-order valence-electron chi connectivity index (χ3n) is 2.44. The van der Waals surface area contributed by atoms with Crippen molar-refractivity contribution in [3.8, 4) is 0 Å². The highest BCUT2D eigenvalue weighted by Crippen LogP contribution is 2.13. The van der Waals surface area contributed by atoms with Crippen LogP contribution in [0.25, 0.3) is 0 Å². The van der Waals surface area contributed by atoms with Crippen LogP contribution in [0, 0.1) is 5.41 Å². The summed E-state index contributed by atoms with van der Waals surface area (Å²) in [5.74, 6) is -0.691. The number of nitrogens with one attached hydrogen (secondary N) is 1. The predicted octanol–water partition coefficient (Wildman–Crippen LogP) is -0.0949. The summed E-state index contributed by atoms with van der Waals surface area (Å²) in [7, 11) is 0. The zero-order chi connectivity index (χ0) is 13.1. The molecule has 0 saturated carbocycles. The van der Waals surface area contributed by atoms with Gasteiger partial charge in [0.15, 0.2) is 0 Å². The average molecular weight is 236 g/mol. The smallest absolute Gasteiger partial charge is 0.255 e. The Hall–Kier alpha value is -2.11. The van der Waals surface area contributed by atoms with Gasteiger partial charge in [-0.15, -0.1) is 0 Å². The van der Waals surface area contributed by atoms with E-state index in [4.69, 9.17) is 11.5 Å². The zero-order valence-corrected chi connectivity index (χ0v) is 9.86. The molecule has 17 heavy (non-hydrogen) atoms. The fraction of sp³-hybridized carbons (Fsp3) is 0.364. The van der Waals surface area contributed by atoms with E-state index in [1.807, 2.05) is 0 Å². The van der Waals surface area contributed by atoms with Gasteiger partial charge in [-0.1, -0.05) is 0 Å².